The highest BCUT2D eigenvalue weighted by molar-refractivity contribution is 7.00. The van der Waals surface area contributed by atoms with Crippen LogP contribution in [0.2, 0.25) is 0 Å². The molecule has 0 unspecified atom stereocenters. The molecule has 0 amide bonds. The molecule has 0 bridgehead atoms. The molecule has 0 atom stereocenters. The highest BCUT2D eigenvalue weighted by atomic mass is 15.2. The van der Waals surface area contributed by atoms with Crippen LogP contribution in [0.25, 0.3) is 99.5 Å². The van der Waals surface area contributed by atoms with Crippen LogP contribution in [0.4, 0.5) is 34.1 Å². The van der Waals surface area contributed by atoms with Gasteiger partial charge >= 0.3 is 0 Å². The number of hydrogen-bond donors (Lipinski definition) is 0. The van der Waals surface area contributed by atoms with Crippen LogP contribution >= 0.6 is 0 Å². The van der Waals surface area contributed by atoms with E-state index in [4.69, 9.17) is 0 Å². The van der Waals surface area contributed by atoms with Gasteiger partial charge in [-0.25, -0.2) is 0 Å². The summed E-state index contributed by atoms with van der Waals surface area (Å²) in [5.41, 5.74) is 35.1. The van der Waals surface area contributed by atoms with Crippen molar-refractivity contribution in [3.05, 3.63) is 306 Å². The van der Waals surface area contributed by atoms with E-state index in [0.717, 1.165) is 34.1 Å². The summed E-state index contributed by atoms with van der Waals surface area (Å²) in [5, 5.41) is 4.99. The second-order valence-electron chi connectivity index (χ2n) is 31.3. The van der Waals surface area contributed by atoms with Crippen molar-refractivity contribution >= 4 is 101 Å². The smallest absolute Gasteiger partial charge is 0.252 e. The summed E-state index contributed by atoms with van der Waals surface area (Å²) in [4.78, 5) is 5.48. The molecule has 2 aromatic heterocycles. The zero-order valence-electron chi connectivity index (χ0n) is 59.3. The van der Waals surface area contributed by atoms with Gasteiger partial charge in [-0.15, -0.1) is 0 Å². The van der Waals surface area contributed by atoms with Crippen LogP contribution in [0.3, 0.4) is 0 Å². The van der Waals surface area contributed by atoms with Gasteiger partial charge in [0, 0.05) is 77.9 Å². The molecule has 17 rings (SSSR count). The van der Waals surface area contributed by atoms with Gasteiger partial charge in [-0.1, -0.05) is 244 Å². The van der Waals surface area contributed by atoms with E-state index < -0.39 is 0 Å². The fraction of sp³-hybridized carbons (Fsp3) is 0.170. The quantitative estimate of drug-likeness (QED) is 0.141. The van der Waals surface area contributed by atoms with E-state index in [1.54, 1.807) is 0 Å². The van der Waals surface area contributed by atoms with Gasteiger partial charge in [0.1, 0.15) is 0 Å². The van der Waals surface area contributed by atoms with E-state index in [1.165, 1.54) is 155 Å². The van der Waals surface area contributed by atoms with Crippen molar-refractivity contribution in [2.75, 3.05) is 9.80 Å². The Labute approximate surface area is 584 Å². The molecule has 0 spiro atoms. The Morgan fingerprint density at radius 2 is 0.535 bits per heavy atom. The minimum absolute atomic E-state index is 0.183. The lowest BCUT2D eigenvalue weighted by molar-refractivity contribution is 0.590. The summed E-state index contributed by atoms with van der Waals surface area (Å²) in [5.74, 6) is 0. The van der Waals surface area contributed by atoms with Crippen LogP contribution in [0.1, 0.15) is 101 Å². The van der Waals surface area contributed by atoms with E-state index in [1.807, 2.05) is 0 Å². The fourth-order valence-electron chi connectivity index (χ4n) is 16.2. The number of aromatic nitrogens is 2. The third kappa shape index (κ3) is 10.2. The molecule has 0 radical (unpaired) electrons. The molecular formula is C94H83BN4. The molecular weight excluding hydrogens is 1200 g/mol. The Hall–Kier alpha value is -10.9. The molecule has 99 heavy (non-hydrogen) atoms. The highest BCUT2D eigenvalue weighted by Crippen LogP contribution is 2.56. The molecule has 0 aliphatic carbocycles. The summed E-state index contributed by atoms with van der Waals surface area (Å²) < 4.78 is 5.09. The molecule has 0 saturated heterocycles. The first kappa shape index (κ1) is 61.7. The Morgan fingerprint density at radius 1 is 0.263 bits per heavy atom. The lowest BCUT2D eigenvalue weighted by atomic mass is 9.33. The SMILES string of the molecule is Cc1ccc2c3ccc(C)cc3n(-c3ccc4c(c3)N(c3c(-c5ccccc5)cc(C(C)(C)C)cc3-c3ccccc3)c3cc(C(C)(C)C)cc5c3B4c3ccc(-n4c6cc(C)ccc6c6ccc(C)cc64)cc3N5c3c(-c4ccccc4)cc(C(C)(C)C)cc3-c3ccccc3)c2c1. The second kappa shape index (κ2) is 22.9. The van der Waals surface area contributed by atoms with Crippen LogP contribution in [0, 0.1) is 27.7 Å². The first-order chi connectivity index (χ1) is 47.6. The van der Waals surface area contributed by atoms with Crippen LogP contribution in [0.5, 0.6) is 0 Å². The minimum atomic E-state index is -0.318. The van der Waals surface area contributed by atoms with Gasteiger partial charge in [0.15, 0.2) is 0 Å². The van der Waals surface area contributed by atoms with E-state index in [9.17, 15) is 0 Å². The predicted molar refractivity (Wildman–Crippen MR) is 426 cm³/mol. The molecule has 482 valence electrons. The zero-order valence-corrected chi connectivity index (χ0v) is 59.3. The third-order valence-corrected chi connectivity index (χ3v) is 21.3. The minimum Gasteiger partial charge on any atom is -0.310 e. The maximum atomic E-state index is 2.74. The number of aryl methyl sites for hydroxylation is 4. The van der Waals surface area contributed by atoms with Crippen LogP contribution in [-0.2, 0) is 16.2 Å². The molecule has 13 aromatic carbocycles. The molecule has 2 aliphatic rings. The number of nitrogens with zero attached hydrogens (tertiary/aromatic N) is 4. The summed E-state index contributed by atoms with van der Waals surface area (Å²) in [6, 6.07) is 103. The van der Waals surface area contributed by atoms with Crippen molar-refractivity contribution in [1.82, 2.24) is 9.13 Å². The Bertz CT molecular complexity index is 5190. The number of anilines is 6. The lowest BCUT2D eigenvalue weighted by Crippen LogP contribution is -2.61. The Kier molecular flexibility index (Phi) is 14.2. The average Bonchev–Trinajstić information content (AvgIpc) is 1.26. The average molecular weight is 1280 g/mol. The van der Waals surface area contributed by atoms with Gasteiger partial charge in [0.2, 0.25) is 0 Å². The first-order valence-corrected chi connectivity index (χ1v) is 35.3. The van der Waals surface area contributed by atoms with Crippen molar-refractivity contribution < 1.29 is 0 Å². The zero-order chi connectivity index (χ0) is 68.1. The van der Waals surface area contributed by atoms with Gasteiger partial charge in [-0.2, -0.15) is 0 Å². The fourth-order valence-corrected chi connectivity index (χ4v) is 16.2. The van der Waals surface area contributed by atoms with E-state index >= 15 is 0 Å². The first-order valence-electron chi connectivity index (χ1n) is 35.3. The number of fused-ring (bicyclic) bond motifs is 10. The molecule has 2 aliphatic heterocycles. The molecule has 5 heteroatoms. The maximum absolute atomic E-state index is 2.74. The summed E-state index contributed by atoms with van der Waals surface area (Å²) in [6.07, 6.45) is 0. The molecule has 4 heterocycles. The van der Waals surface area contributed by atoms with Crippen LogP contribution in [0.15, 0.2) is 267 Å². The highest BCUT2D eigenvalue weighted by Gasteiger charge is 2.47. The number of hydrogen-bond acceptors (Lipinski definition) is 2. The molecule has 0 saturated carbocycles. The van der Waals surface area contributed by atoms with Gasteiger partial charge in [-0.3, -0.25) is 0 Å². The second-order valence-corrected chi connectivity index (χ2v) is 31.3. The van der Waals surface area contributed by atoms with Crippen LogP contribution < -0.4 is 26.2 Å². The van der Waals surface area contributed by atoms with E-state index in [2.05, 4.69) is 376 Å². The molecule has 4 nitrogen and oxygen atoms in total. The molecule has 15 aromatic rings. The Morgan fingerprint density at radius 3 is 0.808 bits per heavy atom. The van der Waals surface area contributed by atoms with Crippen molar-refractivity contribution in [1.29, 1.82) is 0 Å². The summed E-state index contributed by atoms with van der Waals surface area (Å²) >= 11 is 0. The predicted octanol–water partition coefficient (Wildman–Crippen LogP) is 23.8. The standard InChI is InChI=1S/C94H83BN4/c1-58-34-40-71-72-41-35-59(2)47-82(72)96(81(71)46-58)69-38-44-79-85(56-69)98(90-75(62-26-18-14-19-27-62)50-66(92(5,6)7)51-76(90)63-28-20-15-21-29-63)87-54-68(94(11,12)13)55-88-89(87)95(79)80-45-39-70(97-83-48-60(3)36-42-73(83)74-43-37-61(4)49-84(74)97)57-86(80)99(88)91-77(64-30-22-16-23-31-64)52-67(93(8,9)10)53-78(91)65-32-24-17-25-33-65/h14-57H,1-13H3. The van der Waals surface area contributed by atoms with Crippen molar-refractivity contribution in [2.45, 2.75) is 106 Å². The molecule has 0 N–H and O–H groups in total. The normalized spacial score (nSPS) is 13.0. The Balaban J connectivity index is 1.08. The third-order valence-electron chi connectivity index (χ3n) is 21.3. The summed E-state index contributed by atoms with van der Waals surface area (Å²) in [6.45, 7) is 30.1. The lowest BCUT2D eigenvalue weighted by Gasteiger charge is -2.47. The van der Waals surface area contributed by atoms with Gasteiger partial charge in [0.25, 0.3) is 6.71 Å². The van der Waals surface area contributed by atoms with E-state index in [0.29, 0.717) is 0 Å². The van der Waals surface area contributed by atoms with Gasteiger partial charge < -0.3 is 18.9 Å². The van der Waals surface area contributed by atoms with Crippen LogP contribution in [-0.4, -0.2) is 15.8 Å². The largest absolute Gasteiger partial charge is 0.310 e. The van der Waals surface area contributed by atoms with Gasteiger partial charge in [-0.05, 0) is 206 Å². The van der Waals surface area contributed by atoms with Crippen molar-refractivity contribution in [3.8, 4) is 55.9 Å². The maximum Gasteiger partial charge on any atom is 0.252 e. The summed E-state index contributed by atoms with van der Waals surface area (Å²) in [7, 11) is 0. The number of rotatable bonds is 8. The number of benzene rings is 13. The molecule has 0 fully saturated rings. The topological polar surface area (TPSA) is 16.3 Å². The van der Waals surface area contributed by atoms with Crippen molar-refractivity contribution in [2.24, 2.45) is 0 Å². The van der Waals surface area contributed by atoms with E-state index in [-0.39, 0.29) is 23.0 Å². The van der Waals surface area contributed by atoms with Gasteiger partial charge in [0.05, 0.1) is 33.4 Å². The van der Waals surface area contributed by atoms with Crippen molar-refractivity contribution in [3.63, 3.8) is 0 Å². The monoisotopic (exact) mass is 1280 g/mol.